The van der Waals surface area contributed by atoms with E-state index in [0.717, 1.165) is 4.68 Å². The summed E-state index contributed by atoms with van der Waals surface area (Å²) in [5, 5.41) is 14.8. The highest BCUT2D eigenvalue weighted by atomic mass is 19.3. The Morgan fingerprint density at radius 1 is 1.35 bits per heavy atom. The Labute approximate surface area is 195 Å². The fraction of sp³-hybridized carbons (Fsp3) is 0.381. The van der Waals surface area contributed by atoms with Crippen LogP contribution in [0.1, 0.15) is 11.0 Å². The maximum absolute atomic E-state index is 14.5. The van der Waals surface area contributed by atoms with Crippen molar-refractivity contribution in [1.82, 2.24) is 34.5 Å². The summed E-state index contributed by atoms with van der Waals surface area (Å²) in [4.78, 5) is 17.2. The minimum absolute atomic E-state index is 0.0823. The molecule has 10 nitrogen and oxygen atoms in total. The number of fused-ring (bicyclic) bond motifs is 2. The van der Waals surface area contributed by atoms with Crippen LogP contribution in [-0.4, -0.2) is 79.2 Å². The smallest absolute Gasteiger partial charge is 0.258 e. The summed E-state index contributed by atoms with van der Waals surface area (Å²) in [5.74, 6) is -0.665. The van der Waals surface area contributed by atoms with Gasteiger partial charge in [0.1, 0.15) is 23.7 Å². The molecule has 0 radical (unpaired) electrons. The number of benzene rings is 1. The number of hydrogen-bond donors (Lipinski definition) is 1. The topological polar surface area (TPSA) is 102 Å². The summed E-state index contributed by atoms with van der Waals surface area (Å²) in [6.45, 7) is 0.709. The predicted molar refractivity (Wildman–Crippen MR) is 117 cm³/mol. The molecule has 0 aliphatic carbocycles. The lowest BCUT2D eigenvalue weighted by Crippen LogP contribution is -2.32. The van der Waals surface area contributed by atoms with Gasteiger partial charge in [0.2, 0.25) is 17.7 Å². The number of likely N-dealkylation sites (tertiary alicyclic amines) is 1. The van der Waals surface area contributed by atoms with Crippen molar-refractivity contribution in [3.8, 4) is 17.0 Å². The fourth-order valence-electron chi connectivity index (χ4n) is 4.08. The van der Waals surface area contributed by atoms with Crippen LogP contribution in [-0.2, 0) is 11.3 Å². The van der Waals surface area contributed by atoms with Gasteiger partial charge in [0, 0.05) is 25.2 Å². The Morgan fingerprint density at radius 3 is 2.94 bits per heavy atom. The number of rotatable bonds is 6. The zero-order valence-electron chi connectivity index (χ0n) is 20.8. The van der Waals surface area contributed by atoms with Crippen molar-refractivity contribution in [3.63, 3.8) is 0 Å². The molecule has 5 rings (SSSR count). The van der Waals surface area contributed by atoms with E-state index in [1.165, 1.54) is 22.5 Å². The Morgan fingerprint density at radius 2 is 2.21 bits per heavy atom. The molecule has 0 unspecified atom stereocenters. The quantitative estimate of drug-likeness (QED) is 0.455. The molecule has 1 aliphatic rings. The average Bonchev–Trinajstić information content (AvgIpc) is 3.50. The molecule has 4 heterocycles. The van der Waals surface area contributed by atoms with Gasteiger partial charge in [-0.05, 0) is 23.8 Å². The summed E-state index contributed by atoms with van der Waals surface area (Å²) >= 11 is 0. The number of amides is 1. The number of nitrogens with zero attached hydrogens (tertiary/aromatic N) is 7. The number of hydrogen-bond acceptors (Lipinski definition) is 7. The molecule has 178 valence electrons. The monoisotopic (exact) mass is 477 g/mol. The predicted octanol–water partition coefficient (Wildman–Crippen LogP) is 2.40. The number of nitrogens with one attached hydrogen (secondary N) is 1. The molecule has 1 fully saturated rings. The van der Waals surface area contributed by atoms with E-state index in [-0.39, 0.29) is 36.3 Å². The van der Waals surface area contributed by atoms with Crippen LogP contribution in [0, 0.1) is 0 Å². The van der Waals surface area contributed by atoms with E-state index in [1.807, 2.05) is 0 Å². The van der Waals surface area contributed by atoms with Crippen molar-refractivity contribution in [1.29, 1.82) is 0 Å². The van der Waals surface area contributed by atoms with Gasteiger partial charge >= 0.3 is 0 Å². The van der Waals surface area contributed by atoms with E-state index < -0.39 is 32.2 Å². The van der Waals surface area contributed by atoms with Crippen LogP contribution in [0.3, 0.4) is 0 Å². The number of alkyl halides is 3. The van der Waals surface area contributed by atoms with Crippen molar-refractivity contribution in [2.45, 2.75) is 32.1 Å². The number of carbonyl (C=O) groups excluding carboxylic acids is 1. The molecule has 1 N–H and O–H groups in total. The van der Waals surface area contributed by atoms with Crippen molar-refractivity contribution >= 4 is 28.4 Å². The first-order valence-electron chi connectivity index (χ1n) is 11.8. The third-order valence-electron chi connectivity index (χ3n) is 5.72. The highest BCUT2D eigenvalue weighted by molar-refractivity contribution is 5.89. The molecule has 1 amide bonds. The van der Waals surface area contributed by atoms with Crippen LogP contribution in [0.5, 0.6) is 5.88 Å². The molecule has 4 aromatic rings. The van der Waals surface area contributed by atoms with Crippen LogP contribution in [0.2, 0.25) is 0 Å². The molecule has 34 heavy (non-hydrogen) atoms. The van der Waals surface area contributed by atoms with E-state index in [0.29, 0.717) is 22.2 Å². The van der Waals surface area contributed by atoms with E-state index in [4.69, 9.17) is 8.85 Å². The molecule has 0 bridgehead atoms. The number of aromatic nitrogens is 6. The van der Waals surface area contributed by atoms with Gasteiger partial charge in [-0.3, -0.25) is 4.79 Å². The van der Waals surface area contributed by atoms with Gasteiger partial charge in [-0.2, -0.15) is 4.98 Å². The summed E-state index contributed by atoms with van der Waals surface area (Å²) < 4.78 is 70.8. The summed E-state index contributed by atoms with van der Waals surface area (Å²) in [6.07, 6.45) is -2.48. The van der Waals surface area contributed by atoms with Gasteiger partial charge in [-0.1, -0.05) is 11.3 Å². The second-order valence-corrected chi connectivity index (χ2v) is 7.92. The van der Waals surface area contributed by atoms with E-state index >= 15 is 0 Å². The zero-order valence-corrected chi connectivity index (χ0v) is 17.8. The molecule has 0 saturated carbocycles. The lowest BCUT2D eigenvalue weighted by Gasteiger charge is -2.16. The minimum Gasteiger partial charge on any atom is -0.479 e. The Bertz CT molecular complexity index is 1470. The Balaban J connectivity index is 1.56. The minimum atomic E-state index is -2.86. The largest absolute Gasteiger partial charge is 0.479 e. The Kier molecular flexibility index (Phi) is 4.61. The highest BCUT2D eigenvalue weighted by Gasteiger charge is 2.35. The third-order valence-corrected chi connectivity index (χ3v) is 5.72. The SMILES string of the molecule is [2H]C([2H])([2H])Oc1nc(N[C@@H]2CN(C(C)=O)C[C@@H]2F)nn2ccc(-c3ccc4nnn(CC(F)F)c4c3)c12. The zero-order chi connectivity index (χ0) is 26.5. The van der Waals surface area contributed by atoms with E-state index in [9.17, 15) is 18.0 Å². The number of carbonyl (C=O) groups is 1. The first kappa shape index (κ1) is 18.5. The number of anilines is 1. The summed E-state index contributed by atoms with van der Waals surface area (Å²) in [6, 6.07) is 5.70. The average molecular weight is 477 g/mol. The van der Waals surface area contributed by atoms with Crippen molar-refractivity contribution in [2.75, 3.05) is 25.4 Å². The van der Waals surface area contributed by atoms with Crippen LogP contribution in [0.15, 0.2) is 30.5 Å². The molecule has 3 aromatic heterocycles. The second kappa shape index (κ2) is 8.47. The van der Waals surface area contributed by atoms with Crippen LogP contribution < -0.4 is 10.1 Å². The maximum Gasteiger partial charge on any atom is 0.258 e. The van der Waals surface area contributed by atoms with E-state index in [2.05, 4.69) is 25.7 Å². The van der Waals surface area contributed by atoms with Gasteiger partial charge in [0.15, 0.2) is 0 Å². The first-order valence-corrected chi connectivity index (χ1v) is 10.3. The van der Waals surface area contributed by atoms with Crippen molar-refractivity contribution in [2.24, 2.45) is 0 Å². The lowest BCUT2D eigenvalue weighted by molar-refractivity contribution is -0.128. The third kappa shape index (κ3) is 3.86. The van der Waals surface area contributed by atoms with Crippen molar-refractivity contribution < 1.29 is 26.8 Å². The van der Waals surface area contributed by atoms with Crippen LogP contribution >= 0.6 is 0 Å². The maximum atomic E-state index is 14.5. The standard InChI is InChI=1S/C21H21F3N8O2/c1-11(33)30-8-14(22)16(9-30)25-21-26-20(34-2)19-13(5-6-31(19)28-21)12-3-4-15-17(7-12)32(29-27-15)10-18(23)24/h3-7,14,16,18H,8-10H2,1-2H3,(H,25,28)/t14-,16+/m0/s1/i2D3. The molecular formula is C21H21F3N8O2. The Hall–Kier alpha value is -3.90. The van der Waals surface area contributed by atoms with Crippen LogP contribution in [0.25, 0.3) is 27.7 Å². The van der Waals surface area contributed by atoms with Crippen LogP contribution in [0.4, 0.5) is 19.1 Å². The summed E-state index contributed by atoms with van der Waals surface area (Å²) in [7, 11) is -2.86. The van der Waals surface area contributed by atoms with Gasteiger partial charge in [-0.15, -0.1) is 10.2 Å². The van der Waals surface area contributed by atoms with Gasteiger partial charge in [0.25, 0.3) is 6.43 Å². The lowest BCUT2D eigenvalue weighted by atomic mass is 10.1. The molecule has 13 heteroatoms. The van der Waals surface area contributed by atoms with Crippen molar-refractivity contribution in [3.05, 3.63) is 30.5 Å². The molecule has 2 atom stereocenters. The molecule has 1 aliphatic heterocycles. The molecular weight excluding hydrogens is 453 g/mol. The number of methoxy groups -OCH3 is 1. The molecule has 1 saturated heterocycles. The first-order chi connectivity index (χ1) is 17.5. The molecule has 1 aromatic carbocycles. The number of halogens is 3. The van der Waals surface area contributed by atoms with Gasteiger partial charge in [0.05, 0.1) is 29.3 Å². The second-order valence-electron chi connectivity index (χ2n) is 7.92. The summed E-state index contributed by atoms with van der Waals surface area (Å²) in [5.41, 5.74) is 1.96. The normalized spacial score (nSPS) is 20.0. The van der Waals surface area contributed by atoms with Gasteiger partial charge < -0.3 is 15.0 Å². The van der Waals surface area contributed by atoms with Gasteiger partial charge in [-0.25, -0.2) is 22.4 Å². The highest BCUT2D eigenvalue weighted by Crippen LogP contribution is 2.33. The molecule has 0 spiro atoms. The van der Waals surface area contributed by atoms with E-state index in [1.54, 1.807) is 24.3 Å². The fourth-order valence-corrected chi connectivity index (χ4v) is 4.08. The number of ether oxygens (including phenoxy) is 1.